The summed E-state index contributed by atoms with van der Waals surface area (Å²) in [6.45, 7) is 1.40. The molecule has 2 fully saturated rings. The van der Waals surface area contributed by atoms with Crippen LogP contribution in [-0.4, -0.2) is 34.6 Å². The van der Waals surface area contributed by atoms with Crippen molar-refractivity contribution in [3.8, 4) is 0 Å². The zero-order valence-electron chi connectivity index (χ0n) is 18.0. The van der Waals surface area contributed by atoms with Crippen LogP contribution in [0.5, 0.6) is 0 Å². The fourth-order valence-electron chi connectivity index (χ4n) is 7.15. The first-order valence-electron chi connectivity index (χ1n) is 11.4. The van der Waals surface area contributed by atoms with Gasteiger partial charge >= 0.3 is 0 Å². The first-order chi connectivity index (χ1) is 14.9. The van der Waals surface area contributed by atoms with Gasteiger partial charge in [-0.05, 0) is 78.7 Å². The average Bonchev–Trinajstić information content (AvgIpc) is 3.04. The number of alkyl halides is 1. The van der Waals surface area contributed by atoms with Crippen LogP contribution in [0.1, 0.15) is 68.9 Å². The van der Waals surface area contributed by atoms with Crippen molar-refractivity contribution in [3.05, 3.63) is 58.2 Å². The number of fused-ring (bicyclic) bond motifs is 4. The highest BCUT2D eigenvalue weighted by Crippen LogP contribution is 2.66. The summed E-state index contributed by atoms with van der Waals surface area (Å²) in [6.07, 6.45) is 8.55. The van der Waals surface area contributed by atoms with Crippen molar-refractivity contribution in [2.24, 2.45) is 22.4 Å². The van der Waals surface area contributed by atoms with E-state index >= 15 is 0 Å². The molecule has 0 amide bonds. The van der Waals surface area contributed by atoms with Crippen molar-refractivity contribution >= 4 is 12.0 Å². The molecule has 2 N–H and O–H groups in total. The van der Waals surface area contributed by atoms with Crippen LogP contribution in [0.25, 0.3) is 0 Å². The fourth-order valence-corrected chi connectivity index (χ4v) is 7.15. The number of benzene rings is 1. The average molecular weight is 424 g/mol. The second-order valence-corrected chi connectivity index (χ2v) is 10.1. The molecule has 4 aliphatic rings. The molecule has 2 unspecified atom stereocenters. The number of hydrogen-bond donors (Lipinski definition) is 2. The second-order valence-electron chi connectivity index (χ2n) is 10.1. The number of allylic oxidation sites excluding steroid dienone is 4. The maximum absolute atomic E-state index is 14.2. The van der Waals surface area contributed by atoms with Crippen LogP contribution in [0.3, 0.4) is 0 Å². The number of aliphatic hydroxyl groups is 1. The van der Waals surface area contributed by atoms with Crippen molar-refractivity contribution in [1.29, 1.82) is 0 Å². The highest BCUT2D eigenvalue weighted by atomic mass is 19.1. The highest BCUT2D eigenvalue weighted by Gasteiger charge is 2.62. The number of rotatable bonds is 3. The molecule has 5 heteroatoms. The lowest BCUT2D eigenvalue weighted by Gasteiger charge is -2.54. The molecule has 5 rings (SSSR count). The normalized spacial score (nSPS) is 37.5. The third kappa shape index (κ3) is 3.04. The fraction of sp³-hybridized carbons (Fsp3) is 0.538. The molecule has 0 bridgehead atoms. The Morgan fingerprint density at radius 3 is 2.68 bits per heavy atom. The van der Waals surface area contributed by atoms with Gasteiger partial charge in [0, 0.05) is 17.8 Å². The van der Waals surface area contributed by atoms with Gasteiger partial charge in [0.05, 0.1) is 11.8 Å². The van der Waals surface area contributed by atoms with Crippen LogP contribution in [0.4, 0.5) is 4.39 Å². The highest BCUT2D eigenvalue weighted by molar-refractivity contribution is 5.93. The summed E-state index contributed by atoms with van der Waals surface area (Å²) in [7, 11) is 0. The molecule has 4 aliphatic carbocycles. The Morgan fingerprint density at radius 1 is 1.19 bits per heavy atom. The predicted octanol–water partition coefficient (Wildman–Crippen LogP) is 5.09. The largest absolute Gasteiger partial charge is 0.411 e. The van der Waals surface area contributed by atoms with Gasteiger partial charge < -0.3 is 10.3 Å². The molecule has 0 spiro atoms. The lowest BCUT2D eigenvalue weighted by molar-refractivity contribution is -0.114. The minimum absolute atomic E-state index is 0.0921. The Labute approximate surface area is 182 Å². The Hall–Kier alpha value is -2.27. The number of carbonyl (C=O) groups excluding carboxylic acids is 1. The van der Waals surface area contributed by atoms with Gasteiger partial charge in [-0.3, -0.25) is 4.79 Å². The van der Waals surface area contributed by atoms with Gasteiger partial charge in [0.2, 0.25) is 0 Å². The van der Waals surface area contributed by atoms with Crippen LogP contribution >= 0.6 is 0 Å². The standard InChI is InChI=1S/C26H30FNO3/c1-25-13-22(17-4-2-16(3-5-17)14-28-31)24-20-9-7-19(29)12-18(20)6-8-21(24)23(25)10-11-26(25,30)15-27/h2-5,12,14,21-23,30-31H,6-11,13,15H2,1H3/b28-14+/t21?,22-,23?,25+,26-/m1/s1. The minimum Gasteiger partial charge on any atom is -0.411 e. The first kappa shape index (κ1) is 20.6. The van der Waals surface area contributed by atoms with Gasteiger partial charge in [-0.25, -0.2) is 4.39 Å². The summed E-state index contributed by atoms with van der Waals surface area (Å²) in [5.74, 6) is 0.903. The molecule has 1 aromatic rings. The predicted molar refractivity (Wildman–Crippen MR) is 117 cm³/mol. The topological polar surface area (TPSA) is 69.9 Å². The lowest BCUT2D eigenvalue weighted by Crippen LogP contribution is -2.52. The van der Waals surface area contributed by atoms with Crippen molar-refractivity contribution in [3.63, 3.8) is 0 Å². The lowest BCUT2D eigenvalue weighted by atomic mass is 9.51. The van der Waals surface area contributed by atoms with E-state index in [1.807, 2.05) is 18.2 Å². The molecule has 2 saturated carbocycles. The smallest absolute Gasteiger partial charge is 0.156 e. The van der Waals surface area contributed by atoms with Crippen LogP contribution < -0.4 is 0 Å². The van der Waals surface area contributed by atoms with E-state index in [4.69, 9.17) is 5.21 Å². The summed E-state index contributed by atoms with van der Waals surface area (Å²) in [6, 6.07) is 7.99. The number of ketones is 1. The van der Waals surface area contributed by atoms with Gasteiger partial charge in [-0.15, -0.1) is 0 Å². The number of halogens is 1. The van der Waals surface area contributed by atoms with Gasteiger partial charge in [-0.2, -0.15) is 0 Å². The molecular weight excluding hydrogens is 393 g/mol. The van der Waals surface area contributed by atoms with E-state index in [0.29, 0.717) is 25.2 Å². The van der Waals surface area contributed by atoms with E-state index in [1.54, 1.807) is 0 Å². The first-order valence-corrected chi connectivity index (χ1v) is 11.4. The molecule has 164 valence electrons. The Balaban J connectivity index is 1.66. The van der Waals surface area contributed by atoms with Crippen molar-refractivity contribution in [1.82, 2.24) is 0 Å². The van der Waals surface area contributed by atoms with Crippen molar-refractivity contribution < 1.29 is 19.5 Å². The van der Waals surface area contributed by atoms with Gasteiger partial charge in [0.1, 0.15) is 6.67 Å². The maximum atomic E-state index is 14.2. The van der Waals surface area contributed by atoms with Crippen LogP contribution in [0, 0.1) is 17.3 Å². The molecule has 4 nitrogen and oxygen atoms in total. The Morgan fingerprint density at radius 2 is 1.97 bits per heavy atom. The number of hydrogen-bond acceptors (Lipinski definition) is 4. The maximum Gasteiger partial charge on any atom is 0.156 e. The molecule has 0 heterocycles. The summed E-state index contributed by atoms with van der Waals surface area (Å²) in [5, 5.41) is 23.2. The van der Waals surface area contributed by atoms with E-state index in [0.717, 1.165) is 36.8 Å². The molecule has 31 heavy (non-hydrogen) atoms. The van der Waals surface area contributed by atoms with E-state index < -0.39 is 17.7 Å². The molecule has 0 saturated heterocycles. The zero-order valence-corrected chi connectivity index (χ0v) is 18.0. The molecule has 5 atom stereocenters. The Kier molecular flexibility index (Phi) is 4.93. The van der Waals surface area contributed by atoms with E-state index in [-0.39, 0.29) is 17.6 Å². The van der Waals surface area contributed by atoms with Crippen LogP contribution in [-0.2, 0) is 4.79 Å². The molecule has 0 aliphatic heterocycles. The number of oxime groups is 1. The second kappa shape index (κ2) is 7.40. The van der Waals surface area contributed by atoms with Crippen LogP contribution in [0.2, 0.25) is 0 Å². The third-order valence-corrected chi connectivity index (χ3v) is 8.82. The van der Waals surface area contributed by atoms with Gasteiger partial charge in [0.25, 0.3) is 0 Å². The molecule has 1 aromatic carbocycles. The summed E-state index contributed by atoms with van der Waals surface area (Å²) < 4.78 is 14.2. The number of carbonyl (C=O) groups is 1. The zero-order chi connectivity index (χ0) is 21.8. The summed E-state index contributed by atoms with van der Waals surface area (Å²) in [4.78, 5) is 12.1. The molecule has 0 radical (unpaired) electrons. The SMILES string of the molecule is C[C@]12C[C@H](c3ccc(/C=N/O)cc3)C3=C4CCC(=O)C=C4CCC3C1CC[C@@]2(O)CF. The van der Waals surface area contributed by atoms with E-state index in [1.165, 1.54) is 22.9 Å². The summed E-state index contributed by atoms with van der Waals surface area (Å²) in [5.41, 5.74) is 4.19. The monoisotopic (exact) mass is 423 g/mol. The summed E-state index contributed by atoms with van der Waals surface area (Å²) >= 11 is 0. The van der Waals surface area contributed by atoms with E-state index in [2.05, 4.69) is 24.2 Å². The van der Waals surface area contributed by atoms with Crippen molar-refractivity contribution in [2.45, 2.75) is 63.4 Å². The molecule has 0 aromatic heterocycles. The number of nitrogens with zero attached hydrogens (tertiary/aromatic N) is 1. The quantitative estimate of drug-likeness (QED) is 0.404. The Bertz CT molecular complexity index is 994. The molecular formula is C26H30FNO3. The van der Waals surface area contributed by atoms with Gasteiger partial charge in [0.15, 0.2) is 5.78 Å². The third-order valence-electron chi connectivity index (χ3n) is 8.82. The van der Waals surface area contributed by atoms with E-state index in [9.17, 15) is 14.3 Å². The minimum atomic E-state index is -1.27. The van der Waals surface area contributed by atoms with Gasteiger partial charge in [-0.1, -0.05) is 41.9 Å². The van der Waals surface area contributed by atoms with Crippen LogP contribution in [0.15, 0.2) is 52.2 Å². The van der Waals surface area contributed by atoms with Crippen molar-refractivity contribution in [2.75, 3.05) is 6.67 Å².